The number of para-hydroxylation sites is 1. The van der Waals surface area contributed by atoms with E-state index in [9.17, 15) is 4.79 Å². The molecule has 1 aromatic carbocycles. The fraction of sp³-hybridized carbons (Fsp3) is 0.353. The highest BCUT2D eigenvalue weighted by Gasteiger charge is 2.14. The van der Waals surface area contributed by atoms with Gasteiger partial charge in [0.2, 0.25) is 0 Å². The fourth-order valence-electron chi connectivity index (χ4n) is 2.54. The second kappa shape index (κ2) is 7.11. The third-order valence-electron chi connectivity index (χ3n) is 3.68. The van der Waals surface area contributed by atoms with Crippen molar-refractivity contribution < 1.29 is 9.53 Å². The van der Waals surface area contributed by atoms with Gasteiger partial charge in [-0.1, -0.05) is 23.5 Å². The average Bonchev–Trinajstić information content (AvgIpc) is 3.18. The Kier molecular flexibility index (Phi) is 4.92. The lowest BCUT2D eigenvalue weighted by Gasteiger charge is -2.08. The van der Waals surface area contributed by atoms with Gasteiger partial charge in [-0.15, -0.1) is 0 Å². The Morgan fingerprint density at radius 3 is 2.88 bits per heavy atom. The zero-order valence-corrected chi connectivity index (χ0v) is 14.8. The maximum atomic E-state index is 12.6. The number of amides is 1. The van der Waals surface area contributed by atoms with Gasteiger partial charge in [-0.2, -0.15) is 10.1 Å². The van der Waals surface area contributed by atoms with E-state index in [2.05, 4.69) is 10.1 Å². The topological polar surface area (TPSA) is 61.4 Å². The van der Waals surface area contributed by atoms with Gasteiger partial charge in [0.15, 0.2) is 4.80 Å². The summed E-state index contributed by atoms with van der Waals surface area (Å²) in [7, 11) is 1.66. The minimum absolute atomic E-state index is 0.108. The van der Waals surface area contributed by atoms with Crippen LogP contribution in [0, 0.1) is 0 Å². The molecule has 0 N–H and O–H groups in total. The highest BCUT2D eigenvalue weighted by atomic mass is 32.1. The highest BCUT2D eigenvalue weighted by Crippen LogP contribution is 2.17. The van der Waals surface area contributed by atoms with Gasteiger partial charge in [0, 0.05) is 25.9 Å². The lowest BCUT2D eigenvalue weighted by molar-refractivity contribution is 0.0985. The summed E-state index contributed by atoms with van der Waals surface area (Å²) in [6.07, 6.45) is 1.63. The number of carbonyl (C=O) groups excluding carboxylic acids is 1. The molecule has 2 aromatic heterocycles. The van der Waals surface area contributed by atoms with E-state index in [1.807, 2.05) is 42.7 Å². The van der Waals surface area contributed by atoms with Crippen LogP contribution < -0.4 is 4.80 Å². The molecule has 24 heavy (non-hydrogen) atoms. The number of thiazole rings is 1. The van der Waals surface area contributed by atoms with Crippen LogP contribution in [-0.4, -0.2) is 34.0 Å². The normalized spacial score (nSPS) is 12.4. The van der Waals surface area contributed by atoms with Crippen LogP contribution >= 0.6 is 11.3 Å². The van der Waals surface area contributed by atoms with Crippen LogP contribution in [0.3, 0.4) is 0 Å². The first-order valence-corrected chi connectivity index (χ1v) is 8.63. The van der Waals surface area contributed by atoms with Gasteiger partial charge in [0.1, 0.15) is 5.69 Å². The molecule has 0 saturated carbocycles. The van der Waals surface area contributed by atoms with Gasteiger partial charge in [0.25, 0.3) is 5.91 Å². The van der Waals surface area contributed by atoms with E-state index < -0.39 is 0 Å². The number of hydrogen-bond acceptors (Lipinski definition) is 4. The van der Waals surface area contributed by atoms with Crippen molar-refractivity contribution in [1.82, 2.24) is 14.3 Å². The van der Waals surface area contributed by atoms with Crippen molar-refractivity contribution in [2.45, 2.75) is 26.4 Å². The summed E-state index contributed by atoms with van der Waals surface area (Å²) in [6.45, 7) is 5.19. The van der Waals surface area contributed by atoms with Crippen molar-refractivity contribution >= 4 is 27.5 Å². The number of fused-ring (bicyclic) bond motifs is 1. The predicted octanol–water partition coefficient (Wildman–Crippen LogP) is 2.87. The van der Waals surface area contributed by atoms with Crippen LogP contribution in [0.5, 0.6) is 0 Å². The molecular formula is C17H20N4O2S. The van der Waals surface area contributed by atoms with E-state index in [4.69, 9.17) is 4.74 Å². The number of carbonyl (C=O) groups is 1. The standard InChI is InChI=1S/C17H20N4O2S/c1-12(2)21-14(8-9-18-21)16(22)19-17-20(10-11-23-3)13-6-4-5-7-15(13)24-17/h4-9,12H,10-11H2,1-3H3. The third-order valence-corrected chi connectivity index (χ3v) is 4.74. The number of hydrogen-bond donors (Lipinski definition) is 0. The van der Waals surface area contributed by atoms with Crippen molar-refractivity contribution in [3.8, 4) is 0 Å². The van der Waals surface area contributed by atoms with Crippen LogP contribution in [0.2, 0.25) is 0 Å². The van der Waals surface area contributed by atoms with E-state index >= 15 is 0 Å². The molecule has 2 heterocycles. The van der Waals surface area contributed by atoms with Crippen molar-refractivity contribution in [3.63, 3.8) is 0 Å². The Morgan fingerprint density at radius 1 is 1.33 bits per heavy atom. The summed E-state index contributed by atoms with van der Waals surface area (Å²) in [4.78, 5) is 17.7. The highest BCUT2D eigenvalue weighted by molar-refractivity contribution is 7.16. The Bertz CT molecular complexity index is 920. The second-order valence-electron chi connectivity index (χ2n) is 5.67. The molecule has 3 aromatic rings. The molecule has 0 saturated heterocycles. The smallest absolute Gasteiger partial charge is 0.297 e. The van der Waals surface area contributed by atoms with Gasteiger partial charge in [0.05, 0.1) is 16.8 Å². The molecule has 7 heteroatoms. The summed E-state index contributed by atoms with van der Waals surface area (Å²) >= 11 is 1.50. The number of nitrogens with zero attached hydrogens (tertiary/aromatic N) is 4. The van der Waals surface area contributed by atoms with Crippen molar-refractivity contribution in [1.29, 1.82) is 0 Å². The third kappa shape index (κ3) is 3.18. The van der Waals surface area contributed by atoms with Crippen molar-refractivity contribution in [2.75, 3.05) is 13.7 Å². The maximum absolute atomic E-state index is 12.6. The molecule has 6 nitrogen and oxygen atoms in total. The van der Waals surface area contributed by atoms with Gasteiger partial charge < -0.3 is 9.30 Å². The summed E-state index contributed by atoms with van der Waals surface area (Å²) < 4.78 is 10.0. The summed E-state index contributed by atoms with van der Waals surface area (Å²) in [5, 5.41) is 4.21. The number of ether oxygens (including phenoxy) is 1. The van der Waals surface area contributed by atoms with Gasteiger partial charge in [-0.25, -0.2) is 0 Å². The first-order valence-electron chi connectivity index (χ1n) is 7.81. The molecule has 0 spiro atoms. The summed E-state index contributed by atoms with van der Waals surface area (Å²) in [5.74, 6) is -0.279. The van der Waals surface area contributed by atoms with Gasteiger partial charge in [-0.3, -0.25) is 9.48 Å². The lowest BCUT2D eigenvalue weighted by Crippen LogP contribution is -2.20. The van der Waals surface area contributed by atoms with Crippen LogP contribution in [0.25, 0.3) is 10.2 Å². The van der Waals surface area contributed by atoms with E-state index in [1.165, 1.54) is 11.3 Å². The SMILES string of the molecule is COCCn1c(=NC(=O)c2ccnn2C(C)C)sc2ccccc21. The van der Waals surface area contributed by atoms with E-state index in [1.54, 1.807) is 24.1 Å². The monoisotopic (exact) mass is 344 g/mol. The molecule has 0 radical (unpaired) electrons. The molecule has 0 aliphatic rings. The predicted molar refractivity (Wildman–Crippen MR) is 94.2 cm³/mol. The Balaban J connectivity index is 2.08. The number of methoxy groups -OCH3 is 1. The maximum Gasteiger partial charge on any atom is 0.297 e. The second-order valence-corrected chi connectivity index (χ2v) is 6.68. The Morgan fingerprint density at radius 2 is 2.12 bits per heavy atom. The number of rotatable bonds is 5. The molecule has 0 aliphatic carbocycles. The molecular weight excluding hydrogens is 324 g/mol. The summed E-state index contributed by atoms with van der Waals surface area (Å²) in [6, 6.07) is 9.85. The average molecular weight is 344 g/mol. The van der Waals surface area contributed by atoms with E-state index in [0.29, 0.717) is 23.6 Å². The molecule has 0 bridgehead atoms. The molecule has 0 unspecified atom stereocenters. The number of benzene rings is 1. The van der Waals surface area contributed by atoms with Crippen LogP contribution in [0.15, 0.2) is 41.5 Å². The minimum atomic E-state index is -0.279. The van der Waals surface area contributed by atoms with Crippen LogP contribution in [0.1, 0.15) is 30.4 Å². The van der Waals surface area contributed by atoms with Gasteiger partial charge >= 0.3 is 0 Å². The minimum Gasteiger partial charge on any atom is -0.383 e. The largest absolute Gasteiger partial charge is 0.383 e. The van der Waals surface area contributed by atoms with Crippen LogP contribution in [0.4, 0.5) is 0 Å². The Hall–Kier alpha value is -2.25. The zero-order chi connectivity index (χ0) is 17.1. The fourth-order valence-corrected chi connectivity index (χ4v) is 3.60. The Labute approximate surface area is 144 Å². The molecule has 0 fully saturated rings. The van der Waals surface area contributed by atoms with Crippen molar-refractivity contribution in [2.24, 2.45) is 4.99 Å². The summed E-state index contributed by atoms with van der Waals surface area (Å²) in [5.41, 5.74) is 1.56. The van der Waals surface area contributed by atoms with E-state index in [0.717, 1.165) is 10.2 Å². The molecule has 3 rings (SSSR count). The molecule has 1 amide bonds. The quantitative estimate of drug-likeness (QED) is 0.715. The molecule has 0 atom stereocenters. The molecule has 126 valence electrons. The number of aromatic nitrogens is 3. The lowest BCUT2D eigenvalue weighted by atomic mass is 10.3. The van der Waals surface area contributed by atoms with Gasteiger partial charge in [-0.05, 0) is 32.0 Å². The molecule has 0 aliphatic heterocycles. The first-order chi connectivity index (χ1) is 11.6. The van der Waals surface area contributed by atoms with Crippen LogP contribution in [-0.2, 0) is 11.3 Å². The first kappa shape index (κ1) is 16.6. The zero-order valence-electron chi connectivity index (χ0n) is 14.0. The van der Waals surface area contributed by atoms with Crippen molar-refractivity contribution in [3.05, 3.63) is 47.0 Å². The van der Waals surface area contributed by atoms with E-state index in [-0.39, 0.29) is 11.9 Å².